The average molecular weight is 406 g/mol. The maximum Gasteiger partial charge on any atom is 0.0716 e. The van der Waals surface area contributed by atoms with Crippen LogP contribution in [0.25, 0.3) is 10.8 Å². The second-order valence-electron chi connectivity index (χ2n) is 4.97. The summed E-state index contributed by atoms with van der Waals surface area (Å²) in [7, 11) is 0. The number of benzene rings is 2. The van der Waals surface area contributed by atoms with Crippen LogP contribution in [-0.2, 0) is 6.42 Å². The number of hydrogen-bond donors (Lipinski definition) is 1. The van der Waals surface area contributed by atoms with Crippen LogP contribution in [0.3, 0.4) is 0 Å². The van der Waals surface area contributed by atoms with Gasteiger partial charge in [-0.05, 0) is 60.7 Å². The number of nitrogens with two attached hydrogens (primary N) is 1. The van der Waals surface area contributed by atoms with Crippen molar-refractivity contribution in [1.29, 1.82) is 0 Å². The Balaban J connectivity index is 1.94. The van der Waals surface area contributed by atoms with Crippen LogP contribution in [0, 0.1) is 0 Å². The highest BCUT2D eigenvalue weighted by Crippen LogP contribution is 2.27. The van der Waals surface area contributed by atoms with Gasteiger partial charge in [0, 0.05) is 15.1 Å². The zero-order valence-electron chi connectivity index (χ0n) is 11.3. The summed E-state index contributed by atoms with van der Waals surface area (Å²) in [5.74, 6) is 0. The molecule has 2 N–H and O–H groups in total. The Bertz CT molecular complexity index is 781. The number of halogens is 2. The van der Waals surface area contributed by atoms with Crippen molar-refractivity contribution in [2.24, 2.45) is 5.73 Å². The van der Waals surface area contributed by atoms with Gasteiger partial charge in [0.2, 0.25) is 0 Å². The van der Waals surface area contributed by atoms with Gasteiger partial charge in [-0.2, -0.15) is 0 Å². The van der Waals surface area contributed by atoms with Crippen molar-refractivity contribution in [3.63, 3.8) is 0 Å². The molecule has 0 fully saturated rings. The first-order valence-electron chi connectivity index (χ1n) is 6.68. The number of pyridine rings is 1. The fourth-order valence-corrected chi connectivity index (χ4v) is 3.78. The third-order valence-electron chi connectivity index (χ3n) is 3.51. The number of hydrogen-bond acceptors (Lipinski definition) is 2. The van der Waals surface area contributed by atoms with Crippen LogP contribution in [0.5, 0.6) is 0 Å². The number of rotatable bonds is 3. The lowest BCUT2D eigenvalue weighted by molar-refractivity contribution is 0.695. The fraction of sp³-hybridized carbons (Fsp3) is 0.118. The topological polar surface area (TPSA) is 38.9 Å². The lowest BCUT2D eigenvalue weighted by Gasteiger charge is -2.14. The maximum absolute atomic E-state index is 6.36. The standard InChI is InChI=1S/C17H14Br2N2/c18-13-9-15(19)17(21-10-13)16(20)8-12-6-3-5-11-4-1-2-7-14(11)12/h1-7,9-10,16H,8,20H2. The molecule has 0 bridgehead atoms. The summed E-state index contributed by atoms with van der Waals surface area (Å²) in [5.41, 5.74) is 8.49. The van der Waals surface area contributed by atoms with Gasteiger partial charge in [-0.15, -0.1) is 0 Å². The minimum atomic E-state index is -0.140. The smallest absolute Gasteiger partial charge is 0.0716 e. The molecule has 4 heteroatoms. The number of aromatic nitrogens is 1. The predicted molar refractivity (Wildman–Crippen MR) is 94.2 cm³/mol. The Morgan fingerprint density at radius 1 is 1.05 bits per heavy atom. The molecule has 0 aliphatic carbocycles. The van der Waals surface area contributed by atoms with E-state index in [9.17, 15) is 0 Å². The number of fused-ring (bicyclic) bond motifs is 1. The molecular formula is C17H14Br2N2. The third kappa shape index (κ3) is 3.18. The normalized spacial score (nSPS) is 12.5. The molecule has 1 atom stereocenters. The maximum atomic E-state index is 6.36. The zero-order chi connectivity index (χ0) is 14.8. The molecule has 2 nitrogen and oxygen atoms in total. The minimum Gasteiger partial charge on any atom is -0.322 e. The molecule has 21 heavy (non-hydrogen) atoms. The van der Waals surface area contributed by atoms with Gasteiger partial charge in [-0.3, -0.25) is 4.98 Å². The monoisotopic (exact) mass is 404 g/mol. The molecule has 1 heterocycles. The molecule has 3 aromatic rings. The summed E-state index contributed by atoms with van der Waals surface area (Å²) in [4.78, 5) is 4.44. The van der Waals surface area contributed by atoms with Gasteiger partial charge in [-0.25, -0.2) is 0 Å². The predicted octanol–water partition coefficient (Wildman–Crippen LogP) is 5.00. The van der Waals surface area contributed by atoms with Crippen LogP contribution >= 0.6 is 31.9 Å². The molecule has 0 aliphatic heterocycles. The molecule has 0 amide bonds. The van der Waals surface area contributed by atoms with Crippen LogP contribution in [0.15, 0.2) is 63.7 Å². The van der Waals surface area contributed by atoms with E-state index < -0.39 is 0 Å². The lowest BCUT2D eigenvalue weighted by Crippen LogP contribution is -2.15. The molecule has 0 radical (unpaired) electrons. The molecular weight excluding hydrogens is 392 g/mol. The molecule has 3 rings (SSSR count). The molecule has 0 saturated carbocycles. The summed E-state index contributed by atoms with van der Waals surface area (Å²) in [6.45, 7) is 0. The van der Waals surface area contributed by atoms with Crippen molar-refractivity contribution in [1.82, 2.24) is 4.98 Å². The summed E-state index contributed by atoms with van der Waals surface area (Å²) < 4.78 is 1.88. The van der Waals surface area contributed by atoms with Crippen molar-refractivity contribution in [3.05, 3.63) is 74.9 Å². The molecule has 1 aromatic heterocycles. The SMILES string of the molecule is NC(Cc1cccc2ccccc12)c1ncc(Br)cc1Br. The van der Waals surface area contributed by atoms with Gasteiger partial charge in [0.15, 0.2) is 0 Å². The molecule has 2 aromatic carbocycles. The van der Waals surface area contributed by atoms with Gasteiger partial charge in [0.25, 0.3) is 0 Å². The van der Waals surface area contributed by atoms with E-state index in [1.165, 1.54) is 16.3 Å². The van der Waals surface area contributed by atoms with Crippen LogP contribution in [-0.4, -0.2) is 4.98 Å². The van der Waals surface area contributed by atoms with E-state index in [2.05, 4.69) is 79.3 Å². The Labute approximate surface area is 140 Å². The largest absolute Gasteiger partial charge is 0.322 e. The van der Waals surface area contributed by atoms with E-state index in [4.69, 9.17) is 5.73 Å². The van der Waals surface area contributed by atoms with Crippen LogP contribution in [0.4, 0.5) is 0 Å². The van der Waals surface area contributed by atoms with E-state index in [0.29, 0.717) is 0 Å². The second kappa shape index (κ2) is 6.26. The van der Waals surface area contributed by atoms with Crippen LogP contribution in [0.1, 0.15) is 17.3 Å². The van der Waals surface area contributed by atoms with Gasteiger partial charge in [-0.1, -0.05) is 42.5 Å². The number of nitrogens with zero attached hydrogens (tertiary/aromatic N) is 1. The fourth-order valence-electron chi connectivity index (χ4n) is 2.50. The van der Waals surface area contributed by atoms with Gasteiger partial charge >= 0.3 is 0 Å². The first kappa shape index (κ1) is 14.7. The first-order chi connectivity index (χ1) is 10.1. The highest BCUT2D eigenvalue weighted by molar-refractivity contribution is 9.11. The molecule has 0 aliphatic rings. The van der Waals surface area contributed by atoms with Gasteiger partial charge in [0.05, 0.1) is 11.7 Å². The van der Waals surface area contributed by atoms with Crippen LogP contribution in [0.2, 0.25) is 0 Å². The molecule has 0 saturated heterocycles. The Morgan fingerprint density at radius 3 is 2.62 bits per heavy atom. The van der Waals surface area contributed by atoms with E-state index in [-0.39, 0.29) is 6.04 Å². The Kier molecular flexibility index (Phi) is 4.38. The second-order valence-corrected chi connectivity index (χ2v) is 6.74. The molecule has 106 valence electrons. The zero-order valence-corrected chi connectivity index (χ0v) is 14.4. The van der Waals surface area contributed by atoms with E-state index >= 15 is 0 Å². The third-order valence-corrected chi connectivity index (χ3v) is 4.58. The van der Waals surface area contributed by atoms with E-state index in [1.807, 2.05) is 6.07 Å². The van der Waals surface area contributed by atoms with Crippen molar-refractivity contribution in [2.45, 2.75) is 12.5 Å². The molecule has 0 spiro atoms. The highest BCUT2D eigenvalue weighted by atomic mass is 79.9. The van der Waals surface area contributed by atoms with Crippen molar-refractivity contribution < 1.29 is 0 Å². The summed E-state index contributed by atoms with van der Waals surface area (Å²) in [6.07, 6.45) is 2.54. The van der Waals surface area contributed by atoms with Gasteiger partial charge < -0.3 is 5.73 Å². The first-order valence-corrected chi connectivity index (χ1v) is 8.27. The van der Waals surface area contributed by atoms with Crippen LogP contribution < -0.4 is 5.73 Å². The van der Waals surface area contributed by atoms with E-state index in [1.54, 1.807) is 6.20 Å². The highest BCUT2D eigenvalue weighted by Gasteiger charge is 2.14. The summed E-state index contributed by atoms with van der Waals surface area (Å²) in [6, 6.07) is 16.6. The van der Waals surface area contributed by atoms with Crippen molar-refractivity contribution in [2.75, 3.05) is 0 Å². The minimum absolute atomic E-state index is 0.140. The van der Waals surface area contributed by atoms with E-state index in [0.717, 1.165) is 21.1 Å². The molecule has 1 unspecified atom stereocenters. The quantitative estimate of drug-likeness (QED) is 0.665. The van der Waals surface area contributed by atoms with Crippen molar-refractivity contribution in [3.8, 4) is 0 Å². The van der Waals surface area contributed by atoms with Gasteiger partial charge in [0.1, 0.15) is 0 Å². The van der Waals surface area contributed by atoms with Crippen molar-refractivity contribution >= 4 is 42.6 Å². The summed E-state index contributed by atoms with van der Waals surface area (Å²) >= 11 is 6.95. The Morgan fingerprint density at radius 2 is 1.81 bits per heavy atom. The lowest BCUT2D eigenvalue weighted by atomic mass is 9.97. The summed E-state index contributed by atoms with van der Waals surface area (Å²) in [5, 5.41) is 2.49. The average Bonchev–Trinajstić information content (AvgIpc) is 2.47. The Hall–Kier alpha value is -1.23.